The van der Waals surface area contributed by atoms with E-state index in [1.807, 2.05) is 12.1 Å². The molecule has 1 aromatic carbocycles. The lowest BCUT2D eigenvalue weighted by Gasteiger charge is -2.38. The summed E-state index contributed by atoms with van der Waals surface area (Å²) >= 11 is 12.6. The number of nitrogens with one attached hydrogen (secondary N) is 1. The molecule has 24 heavy (non-hydrogen) atoms. The molecular formula is C16H22Cl2N6. The molecule has 2 aliphatic heterocycles. The number of aliphatic imine (C=N–C) groups is 1. The summed E-state index contributed by atoms with van der Waals surface area (Å²) in [6.45, 7) is 3.80. The number of hydrogen-bond acceptors (Lipinski definition) is 6. The second-order valence-corrected chi connectivity index (χ2v) is 7.12. The van der Waals surface area contributed by atoms with Crippen molar-refractivity contribution < 1.29 is 0 Å². The average Bonchev–Trinajstić information content (AvgIpc) is 2.51. The van der Waals surface area contributed by atoms with Gasteiger partial charge in [0, 0.05) is 42.6 Å². The van der Waals surface area contributed by atoms with Crippen molar-refractivity contribution in [3.8, 4) is 0 Å². The van der Waals surface area contributed by atoms with Crippen LogP contribution in [0.15, 0.2) is 35.1 Å². The van der Waals surface area contributed by atoms with Crippen LogP contribution in [0.4, 0.5) is 0 Å². The Kier molecular flexibility index (Phi) is 4.92. The van der Waals surface area contributed by atoms with Gasteiger partial charge in [-0.15, -0.1) is 0 Å². The van der Waals surface area contributed by atoms with Crippen molar-refractivity contribution in [1.82, 2.24) is 15.1 Å². The fourth-order valence-corrected chi connectivity index (χ4v) is 3.51. The first-order chi connectivity index (χ1) is 11.4. The van der Waals surface area contributed by atoms with Gasteiger partial charge in [-0.1, -0.05) is 29.3 Å². The second-order valence-electron chi connectivity index (χ2n) is 6.31. The van der Waals surface area contributed by atoms with E-state index in [2.05, 4.69) is 27.2 Å². The standard InChI is InChI=1S/C16H22Cl2N6/c1-23-5-7-24(8-6-23)14-10-16(20,22-15(19)21-14)9-11-12(17)3-2-4-13(11)18/h2-4,10H,5-9,20H2,1H3,(H3,19,21,22). The molecule has 0 amide bonds. The third kappa shape index (κ3) is 3.78. The summed E-state index contributed by atoms with van der Waals surface area (Å²) in [5, 5.41) is 4.28. The SMILES string of the molecule is CN1CCN(C2=CC(N)(Cc3c(Cl)cccc3Cl)N=C(N)N2)CC1. The Labute approximate surface area is 152 Å². The van der Waals surface area contributed by atoms with Crippen molar-refractivity contribution in [3.05, 3.63) is 45.7 Å². The van der Waals surface area contributed by atoms with Crippen LogP contribution in [0.1, 0.15) is 5.56 Å². The van der Waals surface area contributed by atoms with E-state index in [1.54, 1.807) is 12.1 Å². The summed E-state index contributed by atoms with van der Waals surface area (Å²) in [7, 11) is 2.11. The smallest absolute Gasteiger partial charge is 0.196 e. The molecule has 0 aliphatic carbocycles. The largest absolute Gasteiger partial charge is 0.370 e. The van der Waals surface area contributed by atoms with Gasteiger partial charge in [0.2, 0.25) is 0 Å². The van der Waals surface area contributed by atoms with Crippen LogP contribution in [0.25, 0.3) is 0 Å². The zero-order chi connectivity index (χ0) is 17.3. The highest BCUT2D eigenvalue weighted by Gasteiger charge is 2.31. The molecule has 0 radical (unpaired) electrons. The highest BCUT2D eigenvalue weighted by molar-refractivity contribution is 6.36. The second kappa shape index (κ2) is 6.80. The highest BCUT2D eigenvalue weighted by Crippen LogP contribution is 2.29. The summed E-state index contributed by atoms with van der Waals surface area (Å²) in [6.07, 6.45) is 2.29. The average molecular weight is 369 g/mol. The molecule has 1 atom stereocenters. The van der Waals surface area contributed by atoms with Gasteiger partial charge >= 0.3 is 0 Å². The number of likely N-dealkylation sites (N-methyl/N-ethyl adjacent to an activating group) is 1. The predicted octanol–water partition coefficient (Wildman–Crippen LogP) is 1.20. The third-order valence-electron chi connectivity index (χ3n) is 4.34. The molecule has 1 unspecified atom stereocenters. The van der Waals surface area contributed by atoms with Gasteiger partial charge in [0.05, 0.1) is 0 Å². The Morgan fingerprint density at radius 1 is 1.21 bits per heavy atom. The first kappa shape index (κ1) is 17.4. The van der Waals surface area contributed by atoms with E-state index < -0.39 is 5.66 Å². The van der Waals surface area contributed by atoms with E-state index in [0.29, 0.717) is 22.4 Å². The molecule has 0 spiro atoms. The maximum absolute atomic E-state index is 6.51. The van der Waals surface area contributed by atoms with Gasteiger partial charge in [0.25, 0.3) is 0 Å². The Morgan fingerprint density at radius 3 is 2.46 bits per heavy atom. The zero-order valence-corrected chi connectivity index (χ0v) is 15.1. The van der Waals surface area contributed by atoms with Gasteiger partial charge in [-0.05, 0) is 30.8 Å². The monoisotopic (exact) mass is 368 g/mol. The molecule has 1 aromatic rings. The predicted molar refractivity (Wildman–Crippen MR) is 99.0 cm³/mol. The van der Waals surface area contributed by atoms with Gasteiger partial charge < -0.3 is 26.6 Å². The van der Waals surface area contributed by atoms with E-state index in [9.17, 15) is 0 Å². The molecule has 130 valence electrons. The molecule has 3 rings (SSSR count). The fraction of sp³-hybridized carbons (Fsp3) is 0.438. The maximum Gasteiger partial charge on any atom is 0.196 e. The summed E-state index contributed by atoms with van der Waals surface area (Å²) in [5.74, 6) is 1.19. The number of nitrogens with zero attached hydrogens (tertiary/aromatic N) is 3. The maximum atomic E-state index is 6.51. The summed E-state index contributed by atoms with van der Waals surface area (Å²) in [5.41, 5.74) is 12.3. The minimum absolute atomic E-state index is 0.303. The molecule has 0 aromatic heterocycles. The summed E-state index contributed by atoms with van der Waals surface area (Å²) < 4.78 is 0. The van der Waals surface area contributed by atoms with Crippen LogP contribution in [-0.4, -0.2) is 54.6 Å². The lowest BCUT2D eigenvalue weighted by atomic mass is 9.99. The number of rotatable bonds is 3. The molecule has 0 bridgehead atoms. The molecule has 8 heteroatoms. The molecule has 2 aliphatic rings. The van der Waals surface area contributed by atoms with Crippen molar-refractivity contribution in [2.45, 2.75) is 12.1 Å². The van der Waals surface area contributed by atoms with E-state index in [1.165, 1.54) is 0 Å². The van der Waals surface area contributed by atoms with Crippen molar-refractivity contribution in [1.29, 1.82) is 0 Å². The third-order valence-corrected chi connectivity index (χ3v) is 5.05. The van der Waals surface area contributed by atoms with Crippen LogP contribution in [0.5, 0.6) is 0 Å². The minimum Gasteiger partial charge on any atom is -0.370 e. The minimum atomic E-state index is -0.983. The van der Waals surface area contributed by atoms with Gasteiger partial charge in [-0.3, -0.25) is 0 Å². The van der Waals surface area contributed by atoms with Gasteiger partial charge in [-0.25, -0.2) is 4.99 Å². The van der Waals surface area contributed by atoms with Crippen LogP contribution in [0.2, 0.25) is 10.0 Å². The summed E-state index contributed by atoms with van der Waals surface area (Å²) in [6, 6.07) is 5.40. The number of guanidine groups is 1. The van der Waals surface area contributed by atoms with Crippen LogP contribution in [-0.2, 0) is 6.42 Å². The summed E-state index contributed by atoms with van der Waals surface area (Å²) in [4.78, 5) is 8.90. The number of nitrogens with two attached hydrogens (primary N) is 2. The van der Waals surface area contributed by atoms with Gasteiger partial charge in [-0.2, -0.15) is 0 Å². The van der Waals surface area contributed by atoms with E-state index in [4.69, 9.17) is 34.7 Å². The molecule has 6 nitrogen and oxygen atoms in total. The quantitative estimate of drug-likeness (QED) is 0.746. The lowest BCUT2D eigenvalue weighted by Crippen LogP contribution is -2.54. The molecule has 1 saturated heterocycles. The van der Waals surface area contributed by atoms with Crippen LogP contribution < -0.4 is 16.8 Å². The van der Waals surface area contributed by atoms with Crippen molar-refractivity contribution in [3.63, 3.8) is 0 Å². The molecular weight excluding hydrogens is 347 g/mol. The number of hydrogen-bond donors (Lipinski definition) is 3. The van der Waals surface area contributed by atoms with Gasteiger partial charge in [0.15, 0.2) is 5.96 Å². The van der Waals surface area contributed by atoms with Crippen LogP contribution >= 0.6 is 23.2 Å². The molecule has 5 N–H and O–H groups in total. The van der Waals surface area contributed by atoms with Crippen LogP contribution in [0, 0.1) is 0 Å². The Balaban J connectivity index is 1.86. The van der Waals surface area contributed by atoms with Crippen LogP contribution in [0.3, 0.4) is 0 Å². The number of benzene rings is 1. The fourth-order valence-electron chi connectivity index (χ4n) is 2.98. The topological polar surface area (TPSA) is 82.9 Å². The molecule has 1 fully saturated rings. The van der Waals surface area contributed by atoms with Crippen molar-refractivity contribution in [2.24, 2.45) is 16.5 Å². The normalized spacial score (nSPS) is 25.1. The first-order valence-corrected chi connectivity index (χ1v) is 8.62. The highest BCUT2D eigenvalue weighted by atomic mass is 35.5. The number of piperazine rings is 1. The Bertz CT molecular complexity index is 661. The molecule has 0 saturated carbocycles. The zero-order valence-electron chi connectivity index (χ0n) is 13.6. The Hall–Kier alpha value is -1.47. The van der Waals surface area contributed by atoms with Crippen molar-refractivity contribution in [2.75, 3.05) is 33.2 Å². The van der Waals surface area contributed by atoms with E-state index in [-0.39, 0.29) is 0 Å². The van der Waals surface area contributed by atoms with Crippen molar-refractivity contribution >= 4 is 29.2 Å². The lowest BCUT2D eigenvalue weighted by molar-refractivity contribution is 0.179. The first-order valence-electron chi connectivity index (χ1n) is 7.87. The van der Waals surface area contributed by atoms with E-state index >= 15 is 0 Å². The van der Waals surface area contributed by atoms with Gasteiger partial charge in [0.1, 0.15) is 11.5 Å². The number of halogens is 2. The molecule has 2 heterocycles. The Morgan fingerprint density at radius 2 is 1.83 bits per heavy atom. The van der Waals surface area contributed by atoms with E-state index in [0.717, 1.165) is 37.6 Å².